The van der Waals surface area contributed by atoms with Crippen LogP contribution < -0.4 is 5.32 Å². The highest BCUT2D eigenvalue weighted by molar-refractivity contribution is 4.87. The first-order valence-corrected chi connectivity index (χ1v) is 3.50. The van der Waals surface area contributed by atoms with Crippen molar-refractivity contribution in [1.29, 1.82) is 0 Å². The van der Waals surface area contributed by atoms with Gasteiger partial charge in [0, 0.05) is 0 Å². The van der Waals surface area contributed by atoms with E-state index in [1.807, 2.05) is 0 Å². The lowest BCUT2D eigenvalue weighted by molar-refractivity contribution is -0.0843. The van der Waals surface area contributed by atoms with Crippen LogP contribution in [-0.2, 0) is 4.74 Å². The maximum absolute atomic E-state index is 8.80. The van der Waals surface area contributed by atoms with E-state index >= 15 is 0 Å². The average molecular weight is 163 g/mol. The Hall–Kier alpha value is -0.200. The lowest BCUT2D eigenvalue weighted by Crippen LogP contribution is -2.51. The number of hydrogen-bond donors (Lipinski definition) is 4. The van der Waals surface area contributed by atoms with E-state index in [0.29, 0.717) is 6.61 Å². The van der Waals surface area contributed by atoms with Crippen LogP contribution in [0.2, 0.25) is 0 Å². The number of nitrogens with one attached hydrogen (secondary N) is 1. The largest absolute Gasteiger partial charge is 0.395 e. The summed E-state index contributed by atoms with van der Waals surface area (Å²) in [6.45, 7) is -0.320. The molecule has 4 N–H and O–H groups in total. The van der Waals surface area contributed by atoms with E-state index < -0.39 is 5.72 Å². The summed E-state index contributed by atoms with van der Waals surface area (Å²) in [7, 11) is 0. The molecule has 0 radical (unpaired) electrons. The zero-order chi connectivity index (χ0) is 8.32. The molecule has 0 aromatic carbocycles. The monoisotopic (exact) mass is 163 g/mol. The first-order chi connectivity index (χ1) is 5.26. The summed E-state index contributed by atoms with van der Waals surface area (Å²) in [4.78, 5) is 0. The van der Waals surface area contributed by atoms with E-state index in [4.69, 9.17) is 20.1 Å². The van der Waals surface area contributed by atoms with Crippen LogP contribution in [0.5, 0.6) is 0 Å². The van der Waals surface area contributed by atoms with E-state index in [1.54, 1.807) is 0 Å². The fourth-order valence-electron chi connectivity index (χ4n) is 1.05. The van der Waals surface area contributed by atoms with Gasteiger partial charge >= 0.3 is 0 Å². The summed E-state index contributed by atoms with van der Waals surface area (Å²) in [5, 5.41) is 29.1. The van der Waals surface area contributed by atoms with Crippen LogP contribution >= 0.6 is 0 Å². The van der Waals surface area contributed by atoms with Gasteiger partial charge in [-0.2, -0.15) is 0 Å². The summed E-state index contributed by atoms with van der Waals surface area (Å²) in [6.07, 6.45) is 0. The van der Waals surface area contributed by atoms with Crippen LogP contribution in [0, 0.1) is 0 Å². The molecule has 11 heavy (non-hydrogen) atoms. The highest BCUT2D eigenvalue weighted by Gasteiger charge is 2.38. The predicted octanol–water partition coefficient (Wildman–Crippen LogP) is -2.35. The van der Waals surface area contributed by atoms with Gasteiger partial charge in [0.25, 0.3) is 0 Å². The highest BCUT2D eigenvalue weighted by atomic mass is 16.5. The normalized spacial score (nSPS) is 29.2. The van der Waals surface area contributed by atoms with Gasteiger partial charge in [0.1, 0.15) is 0 Å². The van der Waals surface area contributed by atoms with E-state index in [1.165, 1.54) is 0 Å². The Bertz CT molecular complexity index is 126. The first kappa shape index (κ1) is 8.89. The number of rotatable bonds is 3. The van der Waals surface area contributed by atoms with Crippen LogP contribution in [0.1, 0.15) is 0 Å². The molecule has 5 nitrogen and oxygen atoms in total. The highest BCUT2D eigenvalue weighted by Crippen LogP contribution is 2.14. The summed E-state index contributed by atoms with van der Waals surface area (Å²) < 4.78 is 5.07. The lowest BCUT2D eigenvalue weighted by atomic mass is 10.2. The van der Waals surface area contributed by atoms with Gasteiger partial charge in [-0.05, 0) is 0 Å². The molecule has 0 aromatic heterocycles. The fourth-order valence-corrected chi connectivity index (χ4v) is 1.05. The lowest BCUT2D eigenvalue weighted by Gasteiger charge is -2.23. The van der Waals surface area contributed by atoms with Gasteiger partial charge in [-0.1, -0.05) is 0 Å². The Morgan fingerprint density at radius 3 is 2.27 bits per heavy atom. The summed E-state index contributed by atoms with van der Waals surface area (Å²) in [5.74, 6) is 0. The minimum atomic E-state index is -1.05. The van der Waals surface area contributed by atoms with Crippen LogP contribution in [-0.4, -0.2) is 53.5 Å². The molecule has 0 aromatic rings. The third kappa shape index (κ3) is 1.69. The first-order valence-electron chi connectivity index (χ1n) is 3.50. The fraction of sp³-hybridized carbons (Fsp3) is 1.00. The molecule has 5 heteroatoms. The molecule has 0 spiro atoms. The van der Waals surface area contributed by atoms with Gasteiger partial charge in [-0.15, -0.1) is 0 Å². The van der Waals surface area contributed by atoms with Crippen molar-refractivity contribution in [1.82, 2.24) is 5.32 Å². The molecule has 1 rings (SSSR count). The molecular formula is C6H13NO4. The maximum atomic E-state index is 8.80. The Kier molecular flexibility index (Phi) is 2.80. The molecule has 0 amide bonds. The van der Waals surface area contributed by atoms with Crippen molar-refractivity contribution in [2.24, 2.45) is 0 Å². The third-order valence-electron chi connectivity index (χ3n) is 1.76. The summed E-state index contributed by atoms with van der Waals surface area (Å²) >= 11 is 0. The predicted molar refractivity (Wildman–Crippen MR) is 36.9 cm³/mol. The molecule has 1 unspecified atom stereocenters. The summed E-state index contributed by atoms with van der Waals surface area (Å²) in [5.41, 5.74) is -1.05. The van der Waals surface area contributed by atoms with Gasteiger partial charge in [0.15, 0.2) is 5.72 Å². The van der Waals surface area contributed by atoms with E-state index in [-0.39, 0.29) is 25.9 Å². The van der Waals surface area contributed by atoms with E-state index in [9.17, 15) is 0 Å². The molecule has 0 aliphatic carbocycles. The standard InChI is InChI=1S/C6H13NO4/c8-1-5-2-11-6(3-9,4-10)7-5/h5,7-10H,1-4H2. The van der Waals surface area contributed by atoms with E-state index in [2.05, 4.69) is 5.32 Å². The Labute approximate surface area is 64.6 Å². The third-order valence-corrected chi connectivity index (χ3v) is 1.76. The number of aliphatic hydroxyl groups excluding tert-OH is 3. The Balaban J connectivity index is 2.48. The maximum Gasteiger partial charge on any atom is 0.166 e. The van der Waals surface area contributed by atoms with Crippen molar-refractivity contribution in [2.75, 3.05) is 26.4 Å². The van der Waals surface area contributed by atoms with E-state index in [0.717, 1.165) is 0 Å². The second-order valence-electron chi connectivity index (χ2n) is 2.65. The SMILES string of the molecule is OCC1COC(CO)(CO)N1. The molecular weight excluding hydrogens is 150 g/mol. The summed E-state index contributed by atoms with van der Waals surface area (Å²) in [6, 6.07) is -0.186. The van der Waals surface area contributed by atoms with Gasteiger partial charge in [0.2, 0.25) is 0 Å². The molecule has 1 saturated heterocycles. The van der Waals surface area contributed by atoms with Gasteiger partial charge in [0.05, 0.1) is 32.5 Å². The average Bonchev–Trinajstić information content (AvgIpc) is 2.49. The van der Waals surface area contributed by atoms with Gasteiger partial charge in [-0.25, -0.2) is 0 Å². The molecule has 1 fully saturated rings. The van der Waals surface area contributed by atoms with Crippen LogP contribution in [0.15, 0.2) is 0 Å². The minimum absolute atomic E-state index is 0.0538. The number of hydrogen-bond acceptors (Lipinski definition) is 5. The van der Waals surface area contributed by atoms with Crippen molar-refractivity contribution in [2.45, 2.75) is 11.8 Å². The minimum Gasteiger partial charge on any atom is -0.395 e. The molecule has 0 saturated carbocycles. The van der Waals surface area contributed by atoms with Gasteiger partial charge in [-0.3, -0.25) is 5.32 Å². The van der Waals surface area contributed by atoms with Crippen molar-refractivity contribution < 1.29 is 20.1 Å². The Morgan fingerprint density at radius 1 is 1.36 bits per heavy atom. The second-order valence-corrected chi connectivity index (χ2v) is 2.65. The van der Waals surface area contributed by atoms with Crippen LogP contribution in [0.3, 0.4) is 0 Å². The topological polar surface area (TPSA) is 82.0 Å². The van der Waals surface area contributed by atoms with Crippen molar-refractivity contribution in [3.63, 3.8) is 0 Å². The molecule has 1 atom stereocenters. The van der Waals surface area contributed by atoms with Crippen molar-refractivity contribution in [3.05, 3.63) is 0 Å². The Morgan fingerprint density at radius 2 is 2.00 bits per heavy atom. The van der Waals surface area contributed by atoms with Crippen molar-refractivity contribution >= 4 is 0 Å². The molecule has 1 aliphatic rings. The zero-order valence-corrected chi connectivity index (χ0v) is 6.16. The second kappa shape index (κ2) is 3.46. The molecule has 1 heterocycles. The molecule has 66 valence electrons. The van der Waals surface area contributed by atoms with Crippen molar-refractivity contribution in [3.8, 4) is 0 Å². The molecule has 1 aliphatic heterocycles. The quantitative estimate of drug-likeness (QED) is 0.374. The number of aliphatic hydroxyl groups is 3. The van der Waals surface area contributed by atoms with Gasteiger partial charge < -0.3 is 20.1 Å². The molecule has 0 bridgehead atoms. The zero-order valence-electron chi connectivity index (χ0n) is 6.16. The number of ether oxygens (including phenoxy) is 1. The van der Waals surface area contributed by atoms with Crippen LogP contribution in [0.25, 0.3) is 0 Å². The smallest absolute Gasteiger partial charge is 0.166 e. The van der Waals surface area contributed by atoms with Crippen LogP contribution in [0.4, 0.5) is 0 Å².